The highest BCUT2D eigenvalue weighted by Crippen LogP contribution is 2.65. The average molecular weight is 689 g/mol. The quantitative estimate of drug-likeness (QED) is 0.167. The van der Waals surface area contributed by atoms with Crippen LogP contribution in [0.5, 0.6) is 11.5 Å². The van der Waals surface area contributed by atoms with E-state index in [1.807, 2.05) is 23.1 Å². The molecule has 2 heterocycles. The van der Waals surface area contributed by atoms with Crippen molar-refractivity contribution in [2.45, 2.75) is 88.4 Å². The second kappa shape index (κ2) is 13.1. The number of esters is 1. The van der Waals surface area contributed by atoms with E-state index in [0.717, 1.165) is 37.2 Å². The van der Waals surface area contributed by atoms with Gasteiger partial charge in [0.15, 0.2) is 0 Å². The number of rotatable bonds is 10. The number of likely N-dealkylation sites (tertiary alicyclic amines) is 1. The maximum atomic E-state index is 14.2. The number of ether oxygens (including phenoxy) is 3. The SMILES string of the molecule is CC(=O)O[C@@]12CC[C@@H](N(CC(C)C)C(=O)C=Cc3cccc(OC(F)(F)F)c3)[C@@H]3Oc4cccc5c4[C@@]31CCN(CCc1ccccc1)[C@@H]2C5. The molecular weight excluding hydrogens is 645 g/mol. The third kappa shape index (κ3) is 6.05. The van der Waals surface area contributed by atoms with Crippen LogP contribution < -0.4 is 9.47 Å². The van der Waals surface area contributed by atoms with Gasteiger partial charge in [-0.1, -0.05) is 68.4 Å². The van der Waals surface area contributed by atoms with Gasteiger partial charge in [0.1, 0.15) is 23.2 Å². The molecule has 4 aliphatic rings. The minimum atomic E-state index is -4.82. The Bertz CT molecular complexity index is 1780. The Balaban J connectivity index is 1.24. The molecule has 7 rings (SSSR count). The van der Waals surface area contributed by atoms with Crippen LogP contribution in [0, 0.1) is 5.92 Å². The molecule has 0 N–H and O–H groups in total. The van der Waals surface area contributed by atoms with Crippen LogP contribution in [0.25, 0.3) is 6.08 Å². The summed E-state index contributed by atoms with van der Waals surface area (Å²) in [5.41, 5.74) is 2.49. The third-order valence-electron chi connectivity index (χ3n) is 11.0. The van der Waals surface area contributed by atoms with Crippen LogP contribution in [0.1, 0.15) is 62.3 Å². The number of nitrogens with zero attached hydrogens (tertiary/aromatic N) is 2. The molecule has 1 saturated carbocycles. The largest absolute Gasteiger partial charge is 0.573 e. The second-order valence-electron chi connectivity index (χ2n) is 14.5. The molecule has 10 heteroatoms. The first kappa shape index (κ1) is 34.2. The first-order valence-electron chi connectivity index (χ1n) is 17.5. The summed E-state index contributed by atoms with van der Waals surface area (Å²) < 4.78 is 56.2. The summed E-state index contributed by atoms with van der Waals surface area (Å²) in [6.07, 6.45) is 1.13. The van der Waals surface area contributed by atoms with Gasteiger partial charge in [-0.05, 0) is 85.5 Å². The zero-order chi connectivity index (χ0) is 35.3. The predicted octanol–water partition coefficient (Wildman–Crippen LogP) is 7.12. The minimum Gasteiger partial charge on any atom is -0.487 e. The molecule has 5 atom stereocenters. The molecule has 0 radical (unpaired) electrons. The number of halogens is 3. The van der Waals surface area contributed by atoms with E-state index in [1.54, 1.807) is 6.07 Å². The van der Waals surface area contributed by atoms with Crippen LogP contribution >= 0.6 is 0 Å². The average Bonchev–Trinajstić information content (AvgIpc) is 3.40. The van der Waals surface area contributed by atoms with Gasteiger partial charge in [-0.15, -0.1) is 13.2 Å². The van der Waals surface area contributed by atoms with E-state index >= 15 is 0 Å². The molecule has 0 unspecified atom stereocenters. The Kier molecular flexibility index (Phi) is 8.95. The molecular formula is C40H43F3N2O5. The van der Waals surface area contributed by atoms with Crippen molar-refractivity contribution in [2.24, 2.45) is 5.92 Å². The topological polar surface area (TPSA) is 68.3 Å². The van der Waals surface area contributed by atoms with Crippen molar-refractivity contribution in [3.8, 4) is 11.5 Å². The van der Waals surface area contributed by atoms with Crippen LogP contribution in [0.4, 0.5) is 13.2 Å². The zero-order valence-electron chi connectivity index (χ0n) is 28.6. The second-order valence-corrected chi connectivity index (χ2v) is 14.5. The van der Waals surface area contributed by atoms with Gasteiger partial charge < -0.3 is 19.1 Å². The Morgan fingerprint density at radius 2 is 1.84 bits per heavy atom. The molecule has 2 bridgehead atoms. The van der Waals surface area contributed by atoms with E-state index in [2.05, 4.69) is 53.8 Å². The van der Waals surface area contributed by atoms with Crippen molar-refractivity contribution in [2.75, 3.05) is 19.6 Å². The number of alkyl halides is 3. The molecule has 2 aliphatic heterocycles. The van der Waals surface area contributed by atoms with Crippen LogP contribution in [0.2, 0.25) is 0 Å². The number of amides is 1. The molecule has 1 saturated heterocycles. The fraction of sp³-hybridized carbons (Fsp3) is 0.450. The van der Waals surface area contributed by atoms with Crippen LogP contribution in [0.15, 0.2) is 78.9 Å². The highest BCUT2D eigenvalue weighted by molar-refractivity contribution is 5.92. The first-order chi connectivity index (χ1) is 23.9. The number of benzene rings is 3. The number of hydrogen-bond acceptors (Lipinski definition) is 6. The van der Waals surface area contributed by atoms with E-state index in [4.69, 9.17) is 9.47 Å². The molecule has 3 aromatic carbocycles. The maximum Gasteiger partial charge on any atom is 0.573 e. The lowest BCUT2D eigenvalue weighted by Crippen LogP contribution is -2.79. The highest BCUT2D eigenvalue weighted by Gasteiger charge is 2.75. The summed E-state index contributed by atoms with van der Waals surface area (Å²) in [5, 5.41) is 0. The summed E-state index contributed by atoms with van der Waals surface area (Å²) in [5.74, 6) is -0.00384. The van der Waals surface area contributed by atoms with Gasteiger partial charge in [-0.3, -0.25) is 14.5 Å². The normalized spacial score (nSPS) is 26.7. The minimum absolute atomic E-state index is 0.0582. The molecule has 1 amide bonds. The van der Waals surface area contributed by atoms with Gasteiger partial charge in [-0.25, -0.2) is 0 Å². The summed E-state index contributed by atoms with van der Waals surface area (Å²) in [6, 6.07) is 21.8. The Morgan fingerprint density at radius 1 is 1.06 bits per heavy atom. The monoisotopic (exact) mass is 688 g/mol. The van der Waals surface area contributed by atoms with Gasteiger partial charge in [0.2, 0.25) is 5.91 Å². The summed E-state index contributed by atoms with van der Waals surface area (Å²) in [6.45, 7) is 7.68. The van der Waals surface area contributed by atoms with Crippen molar-refractivity contribution in [3.63, 3.8) is 0 Å². The van der Waals surface area contributed by atoms with E-state index < -0.39 is 23.5 Å². The lowest BCUT2D eigenvalue weighted by molar-refractivity contribution is -0.274. The molecule has 1 spiro atoms. The Morgan fingerprint density at radius 3 is 2.58 bits per heavy atom. The van der Waals surface area contributed by atoms with Crippen molar-refractivity contribution >= 4 is 18.0 Å². The smallest absolute Gasteiger partial charge is 0.487 e. The standard InChI is InChI=1S/C40H43F3N2O5/c1-26(2)25-45(35(47)16-15-29-11-7-13-31(23-29)50-40(41,42)43)32-17-19-39(49-27(3)46)34-24-30-12-8-14-33-36(30)38(39,37(32)48-33)20-22-44(34)21-18-28-9-5-4-6-10-28/h4-16,23,26,32,34,37H,17-22,24-25H2,1-3H3/t32-,34-,37+,38+,39-/m1/s1. The van der Waals surface area contributed by atoms with Crippen LogP contribution in [-0.2, 0) is 32.6 Å². The zero-order valence-corrected chi connectivity index (χ0v) is 28.6. The molecule has 3 aromatic rings. The number of piperidine rings is 1. The first-order valence-corrected chi connectivity index (χ1v) is 17.5. The Labute approximate surface area is 291 Å². The third-order valence-corrected chi connectivity index (χ3v) is 11.0. The molecule has 50 heavy (non-hydrogen) atoms. The molecule has 2 aliphatic carbocycles. The van der Waals surface area contributed by atoms with Crippen LogP contribution in [0.3, 0.4) is 0 Å². The van der Waals surface area contributed by atoms with Crippen molar-refractivity contribution in [3.05, 3.63) is 101 Å². The van der Waals surface area contributed by atoms with Crippen molar-refractivity contribution in [1.29, 1.82) is 0 Å². The Hall–Kier alpha value is -4.31. The molecule has 7 nitrogen and oxygen atoms in total. The van der Waals surface area contributed by atoms with E-state index in [0.29, 0.717) is 31.4 Å². The van der Waals surface area contributed by atoms with Crippen molar-refractivity contribution < 1.29 is 37.0 Å². The summed E-state index contributed by atoms with van der Waals surface area (Å²) in [7, 11) is 0. The van der Waals surface area contributed by atoms with Gasteiger partial charge >= 0.3 is 12.3 Å². The fourth-order valence-corrected chi connectivity index (χ4v) is 9.37. The fourth-order valence-electron chi connectivity index (χ4n) is 9.37. The lowest BCUT2D eigenvalue weighted by atomic mass is 9.48. The molecule has 0 aromatic heterocycles. The lowest BCUT2D eigenvalue weighted by Gasteiger charge is -2.65. The van der Waals surface area contributed by atoms with E-state index in [-0.39, 0.29) is 35.6 Å². The molecule has 264 valence electrons. The summed E-state index contributed by atoms with van der Waals surface area (Å²) in [4.78, 5) is 31.6. The van der Waals surface area contributed by atoms with Gasteiger partial charge in [-0.2, -0.15) is 0 Å². The number of hydrogen-bond donors (Lipinski definition) is 0. The van der Waals surface area contributed by atoms with E-state index in [9.17, 15) is 22.8 Å². The summed E-state index contributed by atoms with van der Waals surface area (Å²) >= 11 is 0. The van der Waals surface area contributed by atoms with Crippen molar-refractivity contribution in [1.82, 2.24) is 9.80 Å². The van der Waals surface area contributed by atoms with Gasteiger partial charge in [0.25, 0.3) is 0 Å². The van der Waals surface area contributed by atoms with Gasteiger partial charge in [0, 0.05) is 31.7 Å². The van der Waals surface area contributed by atoms with Gasteiger partial charge in [0.05, 0.1) is 17.5 Å². The highest BCUT2D eigenvalue weighted by atomic mass is 19.4. The number of carbonyl (C=O) groups excluding carboxylic acids is 2. The maximum absolute atomic E-state index is 14.2. The number of carbonyl (C=O) groups is 2. The predicted molar refractivity (Wildman–Crippen MR) is 183 cm³/mol. The molecule has 2 fully saturated rings. The van der Waals surface area contributed by atoms with Crippen LogP contribution in [-0.4, -0.2) is 71.5 Å². The van der Waals surface area contributed by atoms with E-state index in [1.165, 1.54) is 48.4 Å².